The molecule has 0 bridgehead atoms. The van der Waals surface area contributed by atoms with Crippen LogP contribution in [-0.4, -0.2) is 11.9 Å². The van der Waals surface area contributed by atoms with Gasteiger partial charge in [-0.05, 0) is 17.7 Å². The molecule has 0 unspecified atom stereocenters. The fraction of sp³-hybridized carbons (Fsp3) is 0.200. The Kier molecular flexibility index (Phi) is 4.58. The molecule has 0 heterocycles. The van der Waals surface area contributed by atoms with Crippen LogP contribution >= 0.6 is 23.2 Å². The van der Waals surface area contributed by atoms with E-state index in [-0.39, 0.29) is 11.9 Å². The Labute approximate surface area is 103 Å². The second-order valence-corrected chi connectivity index (χ2v) is 3.95. The molecule has 0 spiro atoms. The van der Waals surface area contributed by atoms with Gasteiger partial charge in [0.15, 0.2) is 5.96 Å². The predicted molar refractivity (Wildman–Crippen MR) is 65.6 cm³/mol. The first kappa shape index (κ1) is 12.8. The number of nitrogens with zero attached hydrogens (tertiary/aromatic N) is 1. The van der Waals surface area contributed by atoms with Crippen LogP contribution in [0.2, 0.25) is 10.0 Å². The minimum Gasteiger partial charge on any atom is -0.370 e. The number of hydrogen-bond acceptors (Lipinski definition) is 2. The summed E-state index contributed by atoms with van der Waals surface area (Å²) in [6.45, 7) is 1.70. The van der Waals surface area contributed by atoms with Gasteiger partial charge in [0.1, 0.15) is 0 Å². The van der Waals surface area contributed by atoms with Crippen LogP contribution in [0.15, 0.2) is 23.2 Å². The molecule has 0 aliphatic rings. The van der Waals surface area contributed by atoms with Crippen LogP contribution in [0.3, 0.4) is 0 Å². The van der Waals surface area contributed by atoms with Crippen molar-refractivity contribution in [3.8, 4) is 0 Å². The van der Waals surface area contributed by atoms with E-state index in [0.717, 1.165) is 5.56 Å². The summed E-state index contributed by atoms with van der Waals surface area (Å²) in [7, 11) is 0. The van der Waals surface area contributed by atoms with Crippen LogP contribution in [0, 0.1) is 0 Å². The van der Waals surface area contributed by atoms with Gasteiger partial charge in [0.05, 0.1) is 16.6 Å². The van der Waals surface area contributed by atoms with E-state index < -0.39 is 0 Å². The Hall–Kier alpha value is -1.26. The Morgan fingerprint density at radius 1 is 1.44 bits per heavy atom. The molecule has 1 rings (SSSR count). The van der Waals surface area contributed by atoms with Crippen LogP contribution in [0.4, 0.5) is 0 Å². The second kappa shape index (κ2) is 5.72. The van der Waals surface area contributed by atoms with E-state index in [9.17, 15) is 4.79 Å². The van der Waals surface area contributed by atoms with Crippen molar-refractivity contribution in [1.29, 1.82) is 0 Å². The van der Waals surface area contributed by atoms with Crippen LogP contribution in [0.5, 0.6) is 0 Å². The van der Waals surface area contributed by atoms with Gasteiger partial charge in [0.2, 0.25) is 5.91 Å². The highest BCUT2D eigenvalue weighted by Gasteiger charge is 1.99. The number of nitrogens with one attached hydrogen (secondary N) is 1. The number of halogens is 2. The largest absolute Gasteiger partial charge is 0.370 e. The lowest BCUT2D eigenvalue weighted by molar-refractivity contribution is -0.117. The Balaban J connectivity index is 2.67. The summed E-state index contributed by atoms with van der Waals surface area (Å²) in [4.78, 5) is 14.6. The van der Waals surface area contributed by atoms with E-state index in [1.807, 2.05) is 0 Å². The molecule has 3 N–H and O–H groups in total. The summed E-state index contributed by atoms with van der Waals surface area (Å²) in [6.07, 6.45) is 0. The van der Waals surface area contributed by atoms with Gasteiger partial charge in [0.25, 0.3) is 0 Å². The van der Waals surface area contributed by atoms with Crippen LogP contribution in [0.1, 0.15) is 12.5 Å². The third-order valence-electron chi connectivity index (χ3n) is 1.72. The molecule has 0 aliphatic heterocycles. The average molecular weight is 260 g/mol. The summed E-state index contributed by atoms with van der Waals surface area (Å²) in [5.74, 6) is -0.172. The molecule has 0 aromatic heterocycles. The normalized spacial score (nSPS) is 11.3. The zero-order chi connectivity index (χ0) is 12.1. The summed E-state index contributed by atoms with van der Waals surface area (Å²) >= 11 is 11.6. The molecule has 1 aromatic rings. The van der Waals surface area contributed by atoms with Gasteiger partial charge >= 0.3 is 0 Å². The van der Waals surface area contributed by atoms with Crippen molar-refractivity contribution in [2.75, 3.05) is 0 Å². The summed E-state index contributed by atoms with van der Waals surface area (Å²) in [6, 6.07) is 5.18. The molecule has 0 radical (unpaired) electrons. The lowest BCUT2D eigenvalue weighted by atomic mass is 10.2. The van der Waals surface area contributed by atoms with Crippen molar-refractivity contribution in [3.63, 3.8) is 0 Å². The minimum absolute atomic E-state index is 0.0820. The summed E-state index contributed by atoms with van der Waals surface area (Å²) < 4.78 is 0. The van der Waals surface area contributed by atoms with Crippen LogP contribution in [0.25, 0.3) is 0 Å². The molecule has 0 saturated heterocycles. The minimum atomic E-state index is -0.254. The number of benzene rings is 1. The molecule has 1 aromatic carbocycles. The second-order valence-electron chi connectivity index (χ2n) is 3.13. The van der Waals surface area contributed by atoms with Crippen molar-refractivity contribution in [3.05, 3.63) is 33.8 Å². The molecule has 6 heteroatoms. The Morgan fingerprint density at radius 3 is 2.69 bits per heavy atom. The maximum atomic E-state index is 10.7. The van der Waals surface area contributed by atoms with Gasteiger partial charge in [-0.25, -0.2) is 4.99 Å². The fourth-order valence-electron chi connectivity index (χ4n) is 1.03. The predicted octanol–water partition coefficient (Wildman–Crippen LogP) is 1.94. The van der Waals surface area contributed by atoms with Crippen molar-refractivity contribution in [2.24, 2.45) is 10.7 Å². The molecule has 1 amide bonds. The van der Waals surface area contributed by atoms with E-state index >= 15 is 0 Å². The quantitative estimate of drug-likeness (QED) is 0.630. The Morgan fingerprint density at radius 2 is 2.12 bits per heavy atom. The topological polar surface area (TPSA) is 67.5 Å². The van der Waals surface area contributed by atoms with E-state index in [1.165, 1.54) is 6.92 Å². The maximum Gasteiger partial charge on any atom is 0.223 e. The number of aliphatic imine (C=N–C) groups is 1. The fourth-order valence-corrected chi connectivity index (χ4v) is 1.36. The van der Waals surface area contributed by atoms with Gasteiger partial charge in [-0.2, -0.15) is 0 Å². The molecular weight excluding hydrogens is 249 g/mol. The van der Waals surface area contributed by atoms with Gasteiger partial charge in [-0.3, -0.25) is 10.1 Å². The number of hydrogen-bond donors (Lipinski definition) is 2. The maximum absolute atomic E-state index is 10.7. The third-order valence-corrected chi connectivity index (χ3v) is 2.46. The smallest absolute Gasteiger partial charge is 0.223 e. The number of carbonyl (C=O) groups is 1. The standard InChI is InChI=1S/C10H11Cl2N3O/c1-6(16)15-10(13)14-5-7-2-3-8(11)9(12)4-7/h2-4H,5H2,1H3,(H3,13,14,15,16). The van der Waals surface area contributed by atoms with E-state index in [4.69, 9.17) is 28.9 Å². The zero-order valence-corrected chi connectivity index (χ0v) is 10.1. The van der Waals surface area contributed by atoms with Gasteiger partial charge in [-0.15, -0.1) is 0 Å². The van der Waals surface area contributed by atoms with E-state index in [0.29, 0.717) is 16.6 Å². The van der Waals surface area contributed by atoms with Gasteiger partial charge in [0, 0.05) is 6.92 Å². The molecular formula is C10H11Cl2N3O. The van der Waals surface area contributed by atoms with Gasteiger partial charge < -0.3 is 5.73 Å². The molecule has 86 valence electrons. The van der Waals surface area contributed by atoms with Crippen molar-refractivity contribution >= 4 is 35.1 Å². The molecule has 0 fully saturated rings. The van der Waals surface area contributed by atoms with Crippen molar-refractivity contribution in [1.82, 2.24) is 5.32 Å². The first-order chi connectivity index (χ1) is 7.49. The molecule has 4 nitrogen and oxygen atoms in total. The van der Waals surface area contributed by atoms with Crippen LogP contribution in [-0.2, 0) is 11.3 Å². The summed E-state index contributed by atoms with van der Waals surface area (Å²) in [5.41, 5.74) is 6.31. The highest BCUT2D eigenvalue weighted by atomic mass is 35.5. The number of nitrogens with two attached hydrogens (primary N) is 1. The highest BCUT2D eigenvalue weighted by molar-refractivity contribution is 6.42. The van der Waals surface area contributed by atoms with Gasteiger partial charge in [-0.1, -0.05) is 29.3 Å². The number of rotatable bonds is 2. The lowest BCUT2D eigenvalue weighted by Crippen LogP contribution is -2.35. The highest BCUT2D eigenvalue weighted by Crippen LogP contribution is 2.22. The first-order valence-corrected chi connectivity index (χ1v) is 5.26. The Bertz CT molecular complexity index is 432. The number of amides is 1. The molecule has 16 heavy (non-hydrogen) atoms. The van der Waals surface area contributed by atoms with Crippen molar-refractivity contribution in [2.45, 2.75) is 13.5 Å². The van der Waals surface area contributed by atoms with E-state index in [2.05, 4.69) is 10.3 Å². The first-order valence-electron chi connectivity index (χ1n) is 4.50. The average Bonchev–Trinajstić information content (AvgIpc) is 2.19. The molecule has 0 aliphatic carbocycles. The molecule has 0 atom stereocenters. The lowest BCUT2D eigenvalue weighted by Gasteiger charge is -2.02. The monoisotopic (exact) mass is 259 g/mol. The number of carbonyl (C=O) groups excluding carboxylic acids is 1. The van der Waals surface area contributed by atoms with Crippen LogP contribution < -0.4 is 11.1 Å². The van der Waals surface area contributed by atoms with Crippen molar-refractivity contribution < 1.29 is 4.79 Å². The zero-order valence-electron chi connectivity index (χ0n) is 8.63. The SMILES string of the molecule is CC(=O)NC(N)=NCc1ccc(Cl)c(Cl)c1. The summed E-state index contributed by atoms with van der Waals surface area (Å²) in [5, 5.41) is 3.32. The third kappa shape index (κ3) is 4.08. The number of guanidine groups is 1. The van der Waals surface area contributed by atoms with E-state index in [1.54, 1.807) is 18.2 Å². The molecule has 0 saturated carbocycles.